The van der Waals surface area contributed by atoms with Crippen LogP contribution in [-0.4, -0.2) is 43.0 Å². The van der Waals surface area contributed by atoms with E-state index in [1.54, 1.807) is 12.4 Å². The van der Waals surface area contributed by atoms with Crippen LogP contribution in [0.5, 0.6) is 5.75 Å². The van der Waals surface area contributed by atoms with Crippen LogP contribution in [0.15, 0.2) is 36.7 Å². The molecular formula is C18H21N5O2. The molecular weight excluding hydrogens is 318 g/mol. The normalized spacial score (nSPS) is 12.2. The molecule has 0 aliphatic carbocycles. The van der Waals surface area contributed by atoms with E-state index in [-0.39, 0.29) is 13.2 Å². The molecule has 7 heteroatoms. The van der Waals surface area contributed by atoms with Crippen LogP contribution in [0.4, 0.5) is 0 Å². The van der Waals surface area contributed by atoms with Crippen molar-refractivity contribution in [1.29, 1.82) is 0 Å². The number of aryl methyl sites for hydroxylation is 2. The zero-order valence-electron chi connectivity index (χ0n) is 14.5. The van der Waals surface area contributed by atoms with Gasteiger partial charge in [-0.15, -0.1) is 10.2 Å². The Morgan fingerprint density at radius 2 is 1.96 bits per heavy atom. The molecule has 1 atom stereocenters. The zero-order chi connectivity index (χ0) is 17.8. The highest BCUT2D eigenvalue weighted by Crippen LogP contribution is 2.25. The Hall–Kier alpha value is -2.80. The highest BCUT2D eigenvalue weighted by Gasteiger charge is 2.13. The predicted molar refractivity (Wildman–Crippen MR) is 93.2 cm³/mol. The Balaban J connectivity index is 1.61. The molecule has 25 heavy (non-hydrogen) atoms. The molecule has 7 nitrogen and oxygen atoms in total. The lowest BCUT2D eigenvalue weighted by Crippen LogP contribution is -2.25. The van der Waals surface area contributed by atoms with Gasteiger partial charge in [0.05, 0.1) is 6.54 Å². The zero-order valence-corrected chi connectivity index (χ0v) is 14.5. The summed E-state index contributed by atoms with van der Waals surface area (Å²) in [6.07, 6.45) is 2.62. The van der Waals surface area contributed by atoms with Crippen molar-refractivity contribution < 1.29 is 9.84 Å². The van der Waals surface area contributed by atoms with Crippen molar-refractivity contribution in [1.82, 2.24) is 25.2 Å². The van der Waals surface area contributed by atoms with Crippen molar-refractivity contribution in [3.8, 4) is 17.1 Å². The summed E-state index contributed by atoms with van der Waals surface area (Å²) < 4.78 is 5.82. The van der Waals surface area contributed by atoms with E-state index in [9.17, 15) is 5.11 Å². The van der Waals surface area contributed by atoms with Gasteiger partial charge >= 0.3 is 0 Å². The number of pyridine rings is 1. The minimum atomic E-state index is -0.740. The largest absolute Gasteiger partial charge is 0.490 e. The fourth-order valence-corrected chi connectivity index (χ4v) is 2.50. The van der Waals surface area contributed by atoms with Gasteiger partial charge in [-0.2, -0.15) is 4.80 Å². The molecule has 0 aliphatic rings. The van der Waals surface area contributed by atoms with Crippen molar-refractivity contribution >= 4 is 0 Å². The molecule has 3 rings (SSSR count). The first-order valence-electron chi connectivity index (χ1n) is 8.10. The molecule has 2 aromatic heterocycles. The Bertz CT molecular complexity index is 848. The number of hydrogen-bond donors (Lipinski definition) is 1. The topological polar surface area (TPSA) is 86.0 Å². The van der Waals surface area contributed by atoms with E-state index in [1.165, 1.54) is 4.80 Å². The second-order valence-corrected chi connectivity index (χ2v) is 6.03. The lowest BCUT2D eigenvalue weighted by Gasteiger charge is -2.16. The highest BCUT2D eigenvalue weighted by atomic mass is 16.5. The van der Waals surface area contributed by atoms with Gasteiger partial charge in [0.15, 0.2) is 0 Å². The first-order valence-corrected chi connectivity index (χ1v) is 8.10. The maximum absolute atomic E-state index is 10.2. The van der Waals surface area contributed by atoms with Crippen molar-refractivity contribution in [2.75, 3.05) is 6.61 Å². The van der Waals surface area contributed by atoms with Gasteiger partial charge in [0.2, 0.25) is 5.82 Å². The van der Waals surface area contributed by atoms with Crippen molar-refractivity contribution in [3.63, 3.8) is 0 Å². The van der Waals surface area contributed by atoms with Crippen LogP contribution in [0.3, 0.4) is 0 Å². The smallest absolute Gasteiger partial charge is 0.206 e. The van der Waals surface area contributed by atoms with Crippen LogP contribution >= 0.6 is 0 Å². The third-order valence-corrected chi connectivity index (χ3v) is 4.04. The molecule has 0 bridgehead atoms. The molecule has 0 spiro atoms. The van der Waals surface area contributed by atoms with Crippen molar-refractivity contribution in [2.24, 2.45) is 0 Å². The molecule has 0 radical (unpaired) electrons. The molecule has 1 N–H and O–H groups in total. The van der Waals surface area contributed by atoms with Gasteiger partial charge in [0.25, 0.3) is 0 Å². The number of aromatic nitrogens is 5. The van der Waals surface area contributed by atoms with Crippen LogP contribution in [0.1, 0.15) is 16.7 Å². The Morgan fingerprint density at radius 3 is 2.72 bits per heavy atom. The van der Waals surface area contributed by atoms with Gasteiger partial charge in [-0.05, 0) is 54.8 Å². The number of tetrazole rings is 1. The van der Waals surface area contributed by atoms with Gasteiger partial charge in [-0.3, -0.25) is 4.98 Å². The summed E-state index contributed by atoms with van der Waals surface area (Å²) in [6, 6.07) is 7.75. The van der Waals surface area contributed by atoms with Crippen LogP contribution in [0, 0.1) is 20.8 Å². The molecule has 3 aromatic rings. The van der Waals surface area contributed by atoms with Gasteiger partial charge in [0.1, 0.15) is 18.5 Å². The average Bonchev–Trinajstić information content (AvgIpc) is 3.07. The molecule has 0 amide bonds. The minimum Gasteiger partial charge on any atom is -0.490 e. The number of ether oxygens (including phenoxy) is 1. The number of hydrogen-bond acceptors (Lipinski definition) is 6. The highest BCUT2D eigenvalue weighted by molar-refractivity contribution is 5.51. The summed E-state index contributed by atoms with van der Waals surface area (Å²) in [5.74, 6) is 1.30. The molecule has 0 saturated heterocycles. The third kappa shape index (κ3) is 4.00. The van der Waals surface area contributed by atoms with E-state index in [2.05, 4.69) is 26.5 Å². The summed E-state index contributed by atoms with van der Waals surface area (Å²) >= 11 is 0. The van der Waals surface area contributed by atoms with Crippen molar-refractivity contribution in [2.45, 2.75) is 33.4 Å². The van der Waals surface area contributed by atoms with Crippen LogP contribution in [0.25, 0.3) is 11.4 Å². The fourth-order valence-electron chi connectivity index (χ4n) is 2.50. The SMILES string of the molecule is Cc1ccc(C)c(OC[C@@H](O)Cn2nnc(-c3cccnc3)n2)c1C. The lowest BCUT2D eigenvalue weighted by atomic mass is 10.1. The van der Waals surface area contributed by atoms with E-state index in [0.29, 0.717) is 5.82 Å². The first kappa shape index (κ1) is 17.0. The summed E-state index contributed by atoms with van der Waals surface area (Å²) in [5.41, 5.74) is 4.08. The number of aliphatic hydroxyl groups excluding tert-OH is 1. The van der Waals surface area contributed by atoms with Gasteiger partial charge in [0, 0.05) is 18.0 Å². The van der Waals surface area contributed by atoms with Crippen molar-refractivity contribution in [3.05, 3.63) is 53.3 Å². The lowest BCUT2D eigenvalue weighted by molar-refractivity contribution is 0.0843. The number of nitrogens with zero attached hydrogens (tertiary/aromatic N) is 5. The number of aliphatic hydroxyl groups is 1. The molecule has 0 fully saturated rings. The number of benzene rings is 1. The summed E-state index contributed by atoms with van der Waals surface area (Å²) in [5, 5.41) is 22.4. The number of rotatable bonds is 6. The molecule has 0 saturated carbocycles. The van der Waals surface area contributed by atoms with Gasteiger partial charge in [-0.25, -0.2) is 0 Å². The van der Waals surface area contributed by atoms with E-state index >= 15 is 0 Å². The van der Waals surface area contributed by atoms with E-state index in [4.69, 9.17) is 4.74 Å². The maximum Gasteiger partial charge on any atom is 0.206 e. The summed E-state index contributed by atoms with van der Waals surface area (Å²) in [4.78, 5) is 5.40. The second-order valence-electron chi connectivity index (χ2n) is 6.03. The van der Waals surface area contributed by atoms with E-state index < -0.39 is 6.10 Å². The van der Waals surface area contributed by atoms with Gasteiger partial charge < -0.3 is 9.84 Å². The molecule has 0 unspecified atom stereocenters. The molecule has 0 aliphatic heterocycles. The molecule has 130 valence electrons. The van der Waals surface area contributed by atoms with E-state index in [1.807, 2.05) is 39.0 Å². The van der Waals surface area contributed by atoms with E-state index in [0.717, 1.165) is 28.0 Å². The minimum absolute atomic E-state index is 0.162. The maximum atomic E-state index is 10.2. The third-order valence-electron chi connectivity index (χ3n) is 4.04. The Morgan fingerprint density at radius 1 is 1.16 bits per heavy atom. The summed E-state index contributed by atoms with van der Waals surface area (Å²) in [7, 11) is 0. The first-order chi connectivity index (χ1) is 12.0. The standard InChI is InChI=1S/C18H21N5O2/c1-12-6-7-13(2)17(14(12)3)25-11-16(24)10-23-21-18(20-22-23)15-5-4-8-19-9-15/h4-9,16,24H,10-11H2,1-3H3/t16-/m0/s1. The monoisotopic (exact) mass is 339 g/mol. The van der Waals surface area contributed by atoms with Crippen LogP contribution in [-0.2, 0) is 6.54 Å². The Labute approximate surface area is 146 Å². The second kappa shape index (κ2) is 7.40. The summed E-state index contributed by atoms with van der Waals surface area (Å²) in [6.45, 7) is 6.42. The van der Waals surface area contributed by atoms with Gasteiger partial charge in [-0.1, -0.05) is 12.1 Å². The molecule has 2 heterocycles. The predicted octanol–water partition coefficient (Wildman–Crippen LogP) is 2.10. The van der Waals surface area contributed by atoms with Crippen LogP contribution < -0.4 is 4.74 Å². The Kier molecular flexibility index (Phi) is 5.04. The van der Waals surface area contributed by atoms with Crippen LogP contribution in [0.2, 0.25) is 0 Å². The average molecular weight is 339 g/mol. The quantitative estimate of drug-likeness (QED) is 0.740. The molecule has 1 aromatic carbocycles. The fraction of sp³-hybridized carbons (Fsp3) is 0.333.